The highest BCUT2D eigenvalue weighted by Crippen LogP contribution is 2.19. The van der Waals surface area contributed by atoms with Crippen molar-refractivity contribution in [3.8, 4) is 0 Å². The number of carboxylic acid groups (broad SMARTS) is 1. The van der Waals surface area contributed by atoms with Crippen LogP contribution in [0.3, 0.4) is 0 Å². The van der Waals surface area contributed by atoms with Gasteiger partial charge in [0.25, 0.3) is 0 Å². The SMILES string of the molecule is CC(C)C(CNC(=O)Cc1c(F)cccc1Cl)C(=O)O. The zero-order valence-electron chi connectivity index (χ0n) is 11.3. The Morgan fingerprint density at radius 3 is 2.55 bits per heavy atom. The van der Waals surface area contributed by atoms with E-state index < -0.39 is 23.6 Å². The summed E-state index contributed by atoms with van der Waals surface area (Å²) < 4.78 is 13.5. The van der Waals surface area contributed by atoms with E-state index in [9.17, 15) is 14.0 Å². The van der Waals surface area contributed by atoms with Gasteiger partial charge < -0.3 is 10.4 Å². The van der Waals surface area contributed by atoms with E-state index in [-0.39, 0.29) is 29.5 Å². The molecule has 1 unspecified atom stereocenters. The summed E-state index contributed by atoms with van der Waals surface area (Å²) in [6.45, 7) is 3.54. The summed E-state index contributed by atoms with van der Waals surface area (Å²) in [5.74, 6) is -2.75. The predicted molar refractivity (Wildman–Crippen MR) is 74.1 cm³/mol. The molecule has 0 spiro atoms. The van der Waals surface area contributed by atoms with Gasteiger partial charge in [-0.3, -0.25) is 9.59 Å². The third-order valence-corrected chi connectivity index (χ3v) is 3.39. The van der Waals surface area contributed by atoms with Crippen LogP contribution in [0.4, 0.5) is 4.39 Å². The van der Waals surface area contributed by atoms with Crippen molar-refractivity contribution in [3.05, 3.63) is 34.6 Å². The van der Waals surface area contributed by atoms with E-state index in [2.05, 4.69) is 5.32 Å². The summed E-state index contributed by atoms with van der Waals surface area (Å²) in [5.41, 5.74) is 0.114. The number of nitrogens with one attached hydrogen (secondary N) is 1. The molecule has 0 saturated carbocycles. The van der Waals surface area contributed by atoms with E-state index in [4.69, 9.17) is 16.7 Å². The van der Waals surface area contributed by atoms with Gasteiger partial charge in [0.15, 0.2) is 0 Å². The van der Waals surface area contributed by atoms with Gasteiger partial charge in [-0.05, 0) is 18.1 Å². The van der Waals surface area contributed by atoms with Crippen LogP contribution >= 0.6 is 11.6 Å². The Morgan fingerprint density at radius 2 is 2.05 bits per heavy atom. The lowest BCUT2D eigenvalue weighted by molar-refractivity contribution is -0.143. The summed E-state index contributed by atoms with van der Waals surface area (Å²) in [6.07, 6.45) is -0.212. The fourth-order valence-electron chi connectivity index (χ4n) is 1.76. The number of hydrogen-bond acceptors (Lipinski definition) is 2. The molecular weight excluding hydrogens is 285 g/mol. The average Bonchev–Trinajstić information content (AvgIpc) is 2.33. The minimum atomic E-state index is -0.968. The predicted octanol–water partition coefficient (Wildman–Crippen LogP) is 2.49. The van der Waals surface area contributed by atoms with E-state index in [1.165, 1.54) is 18.2 Å². The molecule has 1 rings (SSSR count). The molecule has 1 aromatic carbocycles. The number of halogens is 2. The lowest BCUT2D eigenvalue weighted by atomic mass is 9.96. The molecule has 0 aliphatic carbocycles. The number of amides is 1. The van der Waals surface area contributed by atoms with Crippen molar-refractivity contribution in [2.75, 3.05) is 6.54 Å². The molecule has 0 aromatic heterocycles. The quantitative estimate of drug-likeness (QED) is 0.848. The van der Waals surface area contributed by atoms with Gasteiger partial charge in [-0.25, -0.2) is 4.39 Å². The molecule has 0 saturated heterocycles. The van der Waals surface area contributed by atoms with Crippen molar-refractivity contribution < 1.29 is 19.1 Å². The molecular formula is C14H17ClFNO3. The Bertz CT molecular complexity index is 485. The second kappa shape index (κ2) is 7.24. The first-order chi connectivity index (χ1) is 9.32. The number of benzene rings is 1. The van der Waals surface area contributed by atoms with Gasteiger partial charge in [-0.15, -0.1) is 0 Å². The highest BCUT2D eigenvalue weighted by atomic mass is 35.5. The van der Waals surface area contributed by atoms with Crippen LogP contribution in [0.15, 0.2) is 18.2 Å². The van der Waals surface area contributed by atoms with E-state index >= 15 is 0 Å². The fourth-order valence-corrected chi connectivity index (χ4v) is 1.99. The van der Waals surface area contributed by atoms with Crippen LogP contribution in [-0.4, -0.2) is 23.5 Å². The number of carbonyl (C=O) groups excluding carboxylic acids is 1. The van der Waals surface area contributed by atoms with Gasteiger partial charge >= 0.3 is 5.97 Å². The van der Waals surface area contributed by atoms with Gasteiger partial charge in [-0.1, -0.05) is 31.5 Å². The van der Waals surface area contributed by atoms with Crippen LogP contribution < -0.4 is 5.32 Å². The van der Waals surface area contributed by atoms with E-state index in [0.29, 0.717) is 0 Å². The summed E-state index contributed by atoms with van der Waals surface area (Å²) in [6, 6.07) is 4.18. The largest absolute Gasteiger partial charge is 0.481 e. The monoisotopic (exact) mass is 301 g/mol. The number of carboxylic acids is 1. The summed E-state index contributed by atoms with van der Waals surface area (Å²) >= 11 is 5.82. The van der Waals surface area contributed by atoms with Crippen LogP contribution in [0.5, 0.6) is 0 Å². The zero-order chi connectivity index (χ0) is 15.3. The molecule has 20 heavy (non-hydrogen) atoms. The summed E-state index contributed by atoms with van der Waals surface area (Å²) in [7, 11) is 0. The Morgan fingerprint density at radius 1 is 1.40 bits per heavy atom. The minimum absolute atomic E-state index is 0.0118. The lowest BCUT2D eigenvalue weighted by Crippen LogP contribution is -2.36. The van der Waals surface area contributed by atoms with Crippen LogP contribution in [-0.2, 0) is 16.0 Å². The van der Waals surface area contributed by atoms with Crippen LogP contribution in [0, 0.1) is 17.7 Å². The van der Waals surface area contributed by atoms with Gasteiger partial charge in [0, 0.05) is 17.1 Å². The number of hydrogen-bond donors (Lipinski definition) is 2. The molecule has 0 radical (unpaired) electrons. The first-order valence-electron chi connectivity index (χ1n) is 6.25. The number of carbonyl (C=O) groups is 2. The van der Waals surface area contributed by atoms with Crippen LogP contribution in [0.1, 0.15) is 19.4 Å². The van der Waals surface area contributed by atoms with Crippen molar-refractivity contribution in [2.45, 2.75) is 20.3 Å². The maximum Gasteiger partial charge on any atom is 0.308 e. The normalized spacial score (nSPS) is 12.2. The molecule has 1 amide bonds. The molecule has 1 atom stereocenters. The number of aliphatic carboxylic acids is 1. The molecule has 0 bridgehead atoms. The molecule has 6 heteroatoms. The van der Waals surface area contributed by atoms with Crippen molar-refractivity contribution >= 4 is 23.5 Å². The van der Waals surface area contributed by atoms with Crippen LogP contribution in [0.25, 0.3) is 0 Å². The average molecular weight is 302 g/mol. The smallest absolute Gasteiger partial charge is 0.308 e. The summed E-state index contributed by atoms with van der Waals surface area (Å²) in [4.78, 5) is 22.7. The molecule has 4 nitrogen and oxygen atoms in total. The molecule has 0 aliphatic rings. The highest BCUT2D eigenvalue weighted by Gasteiger charge is 2.22. The maximum atomic E-state index is 13.5. The highest BCUT2D eigenvalue weighted by molar-refractivity contribution is 6.31. The van der Waals surface area contributed by atoms with Crippen molar-refractivity contribution in [1.29, 1.82) is 0 Å². The third-order valence-electron chi connectivity index (χ3n) is 3.04. The molecule has 0 heterocycles. The Kier molecular flexibility index (Phi) is 5.95. The maximum absolute atomic E-state index is 13.5. The first-order valence-corrected chi connectivity index (χ1v) is 6.63. The zero-order valence-corrected chi connectivity index (χ0v) is 12.1. The second-order valence-corrected chi connectivity index (χ2v) is 5.28. The molecule has 1 aromatic rings. The van der Waals surface area contributed by atoms with Gasteiger partial charge in [0.1, 0.15) is 5.82 Å². The third kappa shape index (κ3) is 4.49. The molecule has 0 aliphatic heterocycles. The van der Waals surface area contributed by atoms with Gasteiger partial charge in [0.2, 0.25) is 5.91 Å². The molecule has 0 fully saturated rings. The standard InChI is InChI=1S/C14H17ClFNO3/c1-8(2)10(14(19)20)7-17-13(18)6-9-11(15)4-3-5-12(9)16/h3-5,8,10H,6-7H2,1-2H3,(H,17,18)(H,19,20). The number of rotatable bonds is 6. The van der Waals surface area contributed by atoms with Crippen molar-refractivity contribution in [3.63, 3.8) is 0 Å². The van der Waals surface area contributed by atoms with E-state index in [1.807, 2.05) is 0 Å². The van der Waals surface area contributed by atoms with Crippen molar-refractivity contribution in [2.24, 2.45) is 11.8 Å². The molecule has 110 valence electrons. The Labute approximate surface area is 121 Å². The van der Waals surface area contributed by atoms with Crippen molar-refractivity contribution in [1.82, 2.24) is 5.32 Å². The van der Waals surface area contributed by atoms with Gasteiger partial charge in [-0.2, -0.15) is 0 Å². The van der Waals surface area contributed by atoms with Crippen LogP contribution in [0.2, 0.25) is 5.02 Å². The fraction of sp³-hybridized carbons (Fsp3) is 0.429. The second-order valence-electron chi connectivity index (χ2n) is 4.87. The Balaban J connectivity index is 2.62. The minimum Gasteiger partial charge on any atom is -0.481 e. The first kappa shape index (κ1) is 16.4. The van der Waals surface area contributed by atoms with E-state index in [0.717, 1.165) is 0 Å². The van der Waals surface area contributed by atoms with E-state index in [1.54, 1.807) is 13.8 Å². The van der Waals surface area contributed by atoms with Gasteiger partial charge in [0.05, 0.1) is 12.3 Å². The lowest BCUT2D eigenvalue weighted by Gasteiger charge is -2.16. The molecule has 2 N–H and O–H groups in total. The summed E-state index contributed by atoms with van der Waals surface area (Å²) in [5, 5.41) is 11.7. The topological polar surface area (TPSA) is 66.4 Å². The Hall–Kier alpha value is -1.62.